The van der Waals surface area contributed by atoms with Gasteiger partial charge in [-0.05, 0) is 45.2 Å². The highest BCUT2D eigenvalue weighted by molar-refractivity contribution is 7.89. The molecule has 1 heterocycles. The lowest BCUT2D eigenvalue weighted by Crippen LogP contribution is -2.43. The van der Waals surface area contributed by atoms with E-state index in [2.05, 4.69) is 30.8 Å². The van der Waals surface area contributed by atoms with Crippen molar-refractivity contribution in [3.05, 3.63) is 18.0 Å². The first kappa shape index (κ1) is 16.5. The first-order chi connectivity index (χ1) is 9.83. The van der Waals surface area contributed by atoms with Gasteiger partial charge in [-0.15, -0.1) is 0 Å². The Balaban J connectivity index is 2.18. The fourth-order valence-electron chi connectivity index (χ4n) is 2.81. The lowest BCUT2D eigenvalue weighted by Gasteiger charge is -2.32. The van der Waals surface area contributed by atoms with Crippen LogP contribution in [0.3, 0.4) is 0 Å². The van der Waals surface area contributed by atoms with Gasteiger partial charge in [-0.3, -0.25) is 0 Å². The van der Waals surface area contributed by atoms with E-state index in [9.17, 15) is 8.42 Å². The molecule has 0 radical (unpaired) electrons. The number of aromatic nitrogens is 1. The van der Waals surface area contributed by atoms with Crippen molar-refractivity contribution < 1.29 is 8.42 Å². The molecule has 0 atom stereocenters. The molecule has 1 aliphatic carbocycles. The molecule has 0 bridgehead atoms. The Hall–Kier alpha value is -0.850. The minimum absolute atomic E-state index is 0.101. The van der Waals surface area contributed by atoms with Gasteiger partial charge in [-0.25, -0.2) is 13.1 Å². The maximum Gasteiger partial charge on any atom is 0.242 e. The molecular formula is C15H27N3O2S. The number of nitrogens with one attached hydrogen (secondary N) is 2. The zero-order valence-corrected chi connectivity index (χ0v) is 14.2. The zero-order chi connectivity index (χ0) is 15.6. The topological polar surface area (TPSA) is 63.1 Å². The van der Waals surface area contributed by atoms with Gasteiger partial charge in [0.2, 0.25) is 10.0 Å². The van der Waals surface area contributed by atoms with Crippen LogP contribution in [-0.2, 0) is 16.6 Å². The Morgan fingerprint density at radius 3 is 2.57 bits per heavy atom. The maximum atomic E-state index is 12.5. The maximum absolute atomic E-state index is 12.5. The summed E-state index contributed by atoms with van der Waals surface area (Å²) < 4.78 is 29.8. The molecule has 6 heteroatoms. The van der Waals surface area contributed by atoms with E-state index in [0.29, 0.717) is 17.4 Å². The van der Waals surface area contributed by atoms with Gasteiger partial charge in [-0.1, -0.05) is 13.8 Å². The van der Waals surface area contributed by atoms with Gasteiger partial charge >= 0.3 is 0 Å². The summed E-state index contributed by atoms with van der Waals surface area (Å²) in [6, 6.07) is 2.13. The molecule has 120 valence electrons. The molecule has 0 amide bonds. The van der Waals surface area contributed by atoms with Crippen molar-refractivity contribution in [2.75, 3.05) is 6.54 Å². The zero-order valence-electron chi connectivity index (χ0n) is 13.4. The monoisotopic (exact) mass is 313 g/mol. The number of sulfonamides is 1. The fraction of sp³-hybridized carbons (Fsp3) is 0.733. The van der Waals surface area contributed by atoms with Gasteiger partial charge in [0, 0.05) is 30.5 Å². The fourth-order valence-corrected chi connectivity index (χ4v) is 4.12. The molecule has 1 aliphatic rings. The van der Waals surface area contributed by atoms with Gasteiger partial charge in [0.15, 0.2) is 0 Å². The Labute approximate surface area is 128 Å². The molecule has 5 nitrogen and oxygen atoms in total. The van der Waals surface area contributed by atoms with Crippen molar-refractivity contribution >= 4 is 10.0 Å². The molecule has 0 unspecified atom stereocenters. The van der Waals surface area contributed by atoms with Crippen molar-refractivity contribution in [1.82, 2.24) is 14.6 Å². The Bertz CT molecular complexity index is 572. The van der Waals surface area contributed by atoms with Crippen LogP contribution < -0.4 is 10.0 Å². The second-order valence-corrected chi connectivity index (χ2v) is 8.06. The third-order valence-corrected chi connectivity index (χ3v) is 5.51. The van der Waals surface area contributed by atoms with Gasteiger partial charge < -0.3 is 9.88 Å². The van der Waals surface area contributed by atoms with Crippen molar-refractivity contribution in [2.45, 2.75) is 64.1 Å². The summed E-state index contributed by atoms with van der Waals surface area (Å²) >= 11 is 0. The summed E-state index contributed by atoms with van der Waals surface area (Å²) in [5, 5.41) is 3.26. The minimum Gasteiger partial charge on any atom is -0.346 e. The van der Waals surface area contributed by atoms with Gasteiger partial charge in [0.05, 0.1) is 4.90 Å². The van der Waals surface area contributed by atoms with E-state index < -0.39 is 10.0 Å². The average molecular weight is 313 g/mol. The molecule has 21 heavy (non-hydrogen) atoms. The third kappa shape index (κ3) is 3.87. The first-order valence-corrected chi connectivity index (χ1v) is 9.25. The summed E-state index contributed by atoms with van der Waals surface area (Å²) in [5.74, 6) is 0.627. The van der Waals surface area contributed by atoms with Crippen LogP contribution in [0.1, 0.15) is 52.3 Å². The lowest BCUT2D eigenvalue weighted by molar-refractivity contribution is 0.270. The van der Waals surface area contributed by atoms with E-state index in [1.807, 2.05) is 11.5 Å². The summed E-state index contributed by atoms with van der Waals surface area (Å²) in [7, 11) is -3.40. The SMILES string of the molecule is CCNCc1cc(S(=O)(=O)NC2CC(C)C2)cn1C(C)C. The van der Waals surface area contributed by atoms with Crippen LogP contribution in [0, 0.1) is 5.92 Å². The van der Waals surface area contributed by atoms with Gasteiger partial charge in [0.1, 0.15) is 0 Å². The second-order valence-electron chi connectivity index (χ2n) is 6.34. The summed E-state index contributed by atoms with van der Waals surface area (Å²) in [5.41, 5.74) is 1.01. The van der Waals surface area contributed by atoms with Crippen LogP contribution in [-0.4, -0.2) is 25.6 Å². The van der Waals surface area contributed by atoms with Crippen LogP contribution in [0.2, 0.25) is 0 Å². The van der Waals surface area contributed by atoms with Gasteiger partial charge in [-0.2, -0.15) is 0 Å². The Kier molecular flexibility index (Phi) is 5.11. The number of hydrogen-bond donors (Lipinski definition) is 2. The van der Waals surface area contributed by atoms with Crippen LogP contribution in [0.5, 0.6) is 0 Å². The highest BCUT2D eigenvalue weighted by Gasteiger charge is 2.30. The van der Waals surface area contributed by atoms with E-state index in [1.54, 1.807) is 12.3 Å². The van der Waals surface area contributed by atoms with Crippen molar-refractivity contribution in [1.29, 1.82) is 0 Å². The molecular weight excluding hydrogens is 286 g/mol. The highest BCUT2D eigenvalue weighted by Crippen LogP contribution is 2.28. The van der Waals surface area contributed by atoms with Crippen molar-refractivity contribution in [2.24, 2.45) is 5.92 Å². The molecule has 0 aliphatic heterocycles. The molecule has 0 aromatic carbocycles. The second kappa shape index (κ2) is 6.50. The van der Waals surface area contributed by atoms with Crippen LogP contribution >= 0.6 is 0 Å². The van der Waals surface area contributed by atoms with E-state index in [-0.39, 0.29) is 12.1 Å². The van der Waals surface area contributed by atoms with Crippen molar-refractivity contribution in [3.8, 4) is 0 Å². The van der Waals surface area contributed by atoms with E-state index in [0.717, 1.165) is 25.1 Å². The number of nitrogens with zero attached hydrogens (tertiary/aromatic N) is 1. The van der Waals surface area contributed by atoms with Crippen LogP contribution in [0.15, 0.2) is 17.2 Å². The number of rotatable bonds is 7. The molecule has 1 aromatic rings. The smallest absolute Gasteiger partial charge is 0.242 e. The highest BCUT2D eigenvalue weighted by atomic mass is 32.2. The standard InChI is InChI=1S/C15H27N3O2S/c1-5-16-9-14-8-15(10-18(14)11(2)3)21(19,20)17-13-6-12(4)7-13/h8,10-13,16-17H,5-7,9H2,1-4H3. The van der Waals surface area contributed by atoms with Crippen LogP contribution in [0.25, 0.3) is 0 Å². The van der Waals surface area contributed by atoms with E-state index in [1.165, 1.54) is 0 Å². The molecule has 1 saturated carbocycles. The average Bonchev–Trinajstić information content (AvgIpc) is 2.79. The van der Waals surface area contributed by atoms with Crippen molar-refractivity contribution in [3.63, 3.8) is 0 Å². The Morgan fingerprint density at radius 1 is 1.38 bits per heavy atom. The predicted octanol–water partition coefficient (Wildman–Crippen LogP) is 2.26. The largest absolute Gasteiger partial charge is 0.346 e. The summed E-state index contributed by atoms with van der Waals surface area (Å²) in [4.78, 5) is 0.378. The molecule has 0 saturated heterocycles. The molecule has 2 rings (SSSR count). The number of hydrogen-bond acceptors (Lipinski definition) is 3. The molecule has 1 fully saturated rings. The predicted molar refractivity (Wildman–Crippen MR) is 84.7 cm³/mol. The van der Waals surface area contributed by atoms with E-state index in [4.69, 9.17) is 0 Å². The summed E-state index contributed by atoms with van der Waals surface area (Å²) in [6.07, 6.45) is 3.63. The molecule has 0 spiro atoms. The first-order valence-electron chi connectivity index (χ1n) is 7.77. The molecule has 1 aromatic heterocycles. The third-order valence-electron chi connectivity index (χ3n) is 4.03. The summed E-state index contributed by atoms with van der Waals surface area (Å²) in [6.45, 7) is 9.86. The van der Waals surface area contributed by atoms with Crippen LogP contribution in [0.4, 0.5) is 0 Å². The molecule has 2 N–H and O–H groups in total. The minimum atomic E-state index is -3.40. The quantitative estimate of drug-likeness (QED) is 0.811. The lowest BCUT2D eigenvalue weighted by atomic mass is 9.83. The van der Waals surface area contributed by atoms with E-state index >= 15 is 0 Å². The van der Waals surface area contributed by atoms with Gasteiger partial charge in [0.25, 0.3) is 0 Å². The Morgan fingerprint density at radius 2 is 2.05 bits per heavy atom. The normalized spacial score (nSPS) is 22.5.